The minimum atomic E-state index is -0.402. The molecule has 2 N–H and O–H groups in total. The second-order valence-corrected chi connectivity index (χ2v) is 7.86. The first-order valence-corrected chi connectivity index (χ1v) is 10.2. The maximum Gasteiger partial charge on any atom is 0.272 e. The van der Waals surface area contributed by atoms with Crippen molar-refractivity contribution in [1.82, 2.24) is 10.4 Å². The van der Waals surface area contributed by atoms with Crippen molar-refractivity contribution >= 4 is 57.8 Å². The highest BCUT2D eigenvalue weighted by molar-refractivity contribution is 6.37. The van der Waals surface area contributed by atoms with Crippen molar-refractivity contribution in [3.05, 3.63) is 92.9 Å². The number of fused-ring (bicyclic) bond motifs is 1. The first-order chi connectivity index (χ1) is 14.9. The van der Waals surface area contributed by atoms with Crippen LogP contribution in [0.15, 0.2) is 71.8 Å². The fourth-order valence-electron chi connectivity index (χ4n) is 3.02. The van der Waals surface area contributed by atoms with Gasteiger partial charge in [-0.15, -0.1) is 0 Å². The van der Waals surface area contributed by atoms with Gasteiger partial charge in [0.25, 0.3) is 5.91 Å². The Balaban J connectivity index is 1.66. The van der Waals surface area contributed by atoms with E-state index in [1.165, 1.54) is 18.3 Å². The number of benzene rings is 3. The van der Waals surface area contributed by atoms with E-state index in [0.29, 0.717) is 32.7 Å². The third-order valence-corrected chi connectivity index (χ3v) is 5.35. The lowest BCUT2D eigenvalue weighted by Gasteiger charge is -2.09. The average Bonchev–Trinajstić information content (AvgIpc) is 2.77. The van der Waals surface area contributed by atoms with Gasteiger partial charge in [0.05, 0.1) is 33.0 Å². The van der Waals surface area contributed by atoms with Crippen LogP contribution in [0.25, 0.3) is 22.2 Å². The van der Waals surface area contributed by atoms with Gasteiger partial charge in [-0.05, 0) is 42.0 Å². The molecule has 5 nitrogen and oxygen atoms in total. The molecule has 0 radical (unpaired) electrons. The van der Waals surface area contributed by atoms with E-state index in [1.807, 2.05) is 36.4 Å². The predicted molar refractivity (Wildman–Crippen MR) is 125 cm³/mol. The zero-order valence-electron chi connectivity index (χ0n) is 15.8. The Bertz CT molecular complexity index is 1300. The van der Waals surface area contributed by atoms with E-state index in [1.54, 1.807) is 18.2 Å². The number of halogens is 3. The zero-order chi connectivity index (χ0) is 22.0. The predicted octanol–water partition coefficient (Wildman–Crippen LogP) is 6.33. The van der Waals surface area contributed by atoms with Gasteiger partial charge in [-0.25, -0.2) is 10.4 Å². The number of phenols is 1. The molecule has 3 aromatic carbocycles. The van der Waals surface area contributed by atoms with Crippen molar-refractivity contribution in [1.29, 1.82) is 0 Å². The zero-order valence-corrected chi connectivity index (χ0v) is 18.1. The number of pyridine rings is 1. The molecule has 0 fully saturated rings. The molecule has 4 rings (SSSR count). The Hall–Kier alpha value is -3.12. The Kier molecular flexibility index (Phi) is 6.09. The molecule has 1 aromatic heterocycles. The van der Waals surface area contributed by atoms with Crippen molar-refractivity contribution in [3.63, 3.8) is 0 Å². The molecule has 0 saturated carbocycles. The van der Waals surface area contributed by atoms with Gasteiger partial charge in [-0.3, -0.25) is 4.79 Å². The molecule has 31 heavy (non-hydrogen) atoms. The van der Waals surface area contributed by atoms with Crippen molar-refractivity contribution in [2.45, 2.75) is 0 Å². The van der Waals surface area contributed by atoms with Crippen LogP contribution in [0.5, 0.6) is 5.75 Å². The summed E-state index contributed by atoms with van der Waals surface area (Å²) >= 11 is 17.8. The number of phenolic OH excluding ortho intramolecular Hbond substituents is 1. The monoisotopic (exact) mass is 469 g/mol. The summed E-state index contributed by atoms with van der Waals surface area (Å²) in [5, 5.41) is 15.1. The maximum atomic E-state index is 12.9. The molecule has 4 aromatic rings. The highest BCUT2D eigenvalue weighted by Crippen LogP contribution is 2.32. The Morgan fingerprint density at radius 2 is 1.65 bits per heavy atom. The number of nitrogens with zero attached hydrogens (tertiary/aromatic N) is 2. The molecular formula is C23H14Cl3N3O2. The summed E-state index contributed by atoms with van der Waals surface area (Å²) in [6.07, 6.45) is 1.39. The van der Waals surface area contributed by atoms with Gasteiger partial charge in [0.1, 0.15) is 0 Å². The fraction of sp³-hybridized carbons (Fsp3) is 0. The van der Waals surface area contributed by atoms with Gasteiger partial charge < -0.3 is 5.11 Å². The minimum Gasteiger partial charge on any atom is -0.505 e. The number of hydrogen-bond donors (Lipinski definition) is 2. The summed E-state index contributed by atoms with van der Waals surface area (Å²) < 4.78 is 0. The summed E-state index contributed by atoms with van der Waals surface area (Å²) in [4.78, 5) is 17.6. The number of carbonyl (C=O) groups is 1. The van der Waals surface area contributed by atoms with E-state index >= 15 is 0 Å². The van der Waals surface area contributed by atoms with E-state index in [0.717, 1.165) is 5.56 Å². The second kappa shape index (κ2) is 8.94. The smallest absolute Gasteiger partial charge is 0.272 e. The Labute approximate surface area is 192 Å². The number of aromatic nitrogens is 1. The molecule has 154 valence electrons. The molecule has 0 bridgehead atoms. The van der Waals surface area contributed by atoms with E-state index in [9.17, 15) is 9.90 Å². The van der Waals surface area contributed by atoms with Crippen molar-refractivity contribution < 1.29 is 9.90 Å². The minimum absolute atomic E-state index is 0.0908. The van der Waals surface area contributed by atoms with Crippen LogP contribution in [0.1, 0.15) is 15.9 Å². The molecule has 0 aliphatic carbocycles. The number of aromatic hydroxyl groups is 1. The van der Waals surface area contributed by atoms with E-state index in [4.69, 9.17) is 34.8 Å². The molecule has 0 aliphatic heterocycles. The van der Waals surface area contributed by atoms with Crippen LogP contribution in [-0.4, -0.2) is 22.2 Å². The molecule has 8 heteroatoms. The number of carbonyl (C=O) groups excluding carboxylic acids is 1. The van der Waals surface area contributed by atoms with Crippen molar-refractivity contribution in [2.24, 2.45) is 5.10 Å². The highest BCUT2D eigenvalue weighted by Gasteiger charge is 2.14. The summed E-state index contributed by atoms with van der Waals surface area (Å²) in [5.41, 5.74) is 5.62. The molecule has 0 unspecified atom stereocenters. The molecule has 0 atom stereocenters. The molecule has 0 spiro atoms. The number of nitrogens with one attached hydrogen (secondary N) is 1. The molecular weight excluding hydrogens is 457 g/mol. The third kappa shape index (κ3) is 4.64. The van der Waals surface area contributed by atoms with E-state index in [2.05, 4.69) is 15.5 Å². The van der Waals surface area contributed by atoms with Crippen LogP contribution in [0.2, 0.25) is 15.1 Å². The first-order valence-electron chi connectivity index (χ1n) is 9.09. The quantitative estimate of drug-likeness (QED) is 0.270. The van der Waals surface area contributed by atoms with Crippen molar-refractivity contribution in [3.8, 4) is 17.0 Å². The van der Waals surface area contributed by atoms with Crippen LogP contribution in [0, 0.1) is 0 Å². The number of rotatable bonds is 4. The molecule has 1 amide bonds. The van der Waals surface area contributed by atoms with Gasteiger partial charge in [0.2, 0.25) is 0 Å². The molecule has 1 heterocycles. The SMILES string of the molecule is O=C(NN=Cc1cc(Cl)c(O)c(Cl)c1)c1cc(-c2ccc(Cl)cc2)nc2ccccc12. The van der Waals surface area contributed by atoms with Gasteiger partial charge in [-0.1, -0.05) is 65.1 Å². The average molecular weight is 471 g/mol. The third-order valence-electron chi connectivity index (χ3n) is 4.52. The van der Waals surface area contributed by atoms with Crippen molar-refractivity contribution in [2.75, 3.05) is 0 Å². The second-order valence-electron chi connectivity index (χ2n) is 6.61. The standard InChI is InChI=1S/C23H14Cl3N3O2/c24-15-7-5-14(6-8-15)21-11-17(16-3-1-2-4-20(16)28-21)23(31)29-27-12-13-9-18(25)22(30)19(26)10-13/h1-12,30H,(H,29,31). The lowest BCUT2D eigenvalue weighted by Crippen LogP contribution is -2.18. The Morgan fingerprint density at radius 3 is 2.35 bits per heavy atom. The number of hydrogen-bond acceptors (Lipinski definition) is 4. The van der Waals surface area contributed by atoms with Gasteiger partial charge in [0, 0.05) is 16.0 Å². The highest BCUT2D eigenvalue weighted by atomic mass is 35.5. The van der Waals surface area contributed by atoms with Crippen LogP contribution in [0.4, 0.5) is 0 Å². The van der Waals surface area contributed by atoms with E-state index in [-0.39, 0.29) is 15.8 Å². The lowest BCUT2D eigenvalue weighted by atomic mass is 10.0. The van der Waals surface area contributed by atoms with Crippen LogP contribution in [0.3, 0.4) is 0 Å². The van der Waals surface area contributed by atoms with Crippen LogP contribution >= 0.6 is 34.8 Å². The summed E-state index contributed by atoms with van der Waals surface area (Å²) in [7, 11) is 0. The fourth-order valence-corrected chi connectivity index (χ4v) is 3.65. The summed E-state index contributed by atoms with van der Waals surface area (Å²) in [6.45, 7) is 0. The van der Waals surface area contributed by atoms with Gasteiger partial charge in [0.15, 0.2) is 5.75 Å². The molecule has 0 aliphatic rings. The number of para-hydroxylation sites is 1. The molecule has 0 saturated heterocycles. The largest absolute Gasteiger partial charge is 0.505 e. The lowest BCUT2D eigenvalue weighted by molar-refractivity contribution is 0.0956. The summed E-state index contributed by atoms with van der Waals surface area (Å²) in [6, 6.07) is 19.3. The van der Waals surface area contributed by atoms with E-state index < -0.39 is 5.91 Å². The topological polar surface area (TPSA) is 74.6 Å². The Morgan fingerprint density at radius 1 is 0.968 bits per heavy atom. The first kappa shape index (κ1) is 21.1. The van der Waals surface area contributed by atoms with Crippen LogP contribution in [-0.2, 0) is 0 Å². The number of amides is 1. The van der Waals surface area contributed by atoms with Crippen LogP contribution < -0.4 is 5.43 Å². The van der Waals surface area contributed by atoms with Gasteiger partial charge in [-0.2, -0.15) is 5.10 Å². The normalized spacial score (nSPS) is 11.2. The van der Waals surface area contributed by atoms with Gasteiger partial charge >= 0.3 is 0 Å². The summed E-state index contributed by atoms with van der Waals surface area (Å²) in [5.74, 6) is -0.608. The maximum absolute atomic E-state index is 12.9. The number of hydrazone groups is 1.